The van der Waals surface area contributed by atoms with Gasteiger partial charge in [0.25, 0.3) is 0 Å². The summed E-state index contributed by atoms with van der Waals surface area (Å²) in [6, 6.07) is 0. The summed E-state index contributed by atoms with van der Waals surface area (Å²) >= 11 is 0.790. The Morgan fingerprint density at radius 3 is 1.36 bits per heavy atom. The van der Waals surface area contributed by atoms with Gasteiger partial charge in [-0.05, 0) is 25.7 Å². The van der Waals surface area contributed by atoms with Crippen LogP contribution in [0.15, 0.2) is 0 Å². The Hall–Kier alpha value is 0.660. The molecule has 0 N–H and O–H groups in total. The zero-order chi connectivity index (χ0) is 7.52. The molecule has 0 amide bonds. The van der Waals surface area contributed by atoms with Crippen molar-refractivity contribution in [2.24, 2.45) is 0 Å². The first-order chi connectivity index (χ1) is 5.45. The van der Waals surface area contributed by atoms with Gasteiger partial charge in [-0.15, -0.1) is 0 Å². The first-order valence-electron chi connectivity index (χ1n) is 4.49. The maximum atomic E-state index is 6.03. The summed E-state index contributed by atoms with van der Waals surface area (Å²) in [6.45, 7) is 0. The van der Waals surface area contributed by atoms with E-state index in [-0.39, 0.29) is 0 Å². The molecular formula is C8H16OS2+2. The molecule has 0 aromatic heterocycles. The number of rotatable bonds is 2. The predicted octanol–water partition coefficient (Wildman–Crippen LogP) is 1.66. The largest absolute Gasteiger partial charge is 0.207 e. The van der Waals surface area contributed by atoms with Crippen molar-refractivity contribution in [3.8, 4) is 0 Å². The third-order valence-electron chi connectivity index (χ3n) is 2.18. The lowest BCUT2D eigenvalue weighted by atomic mass is 10.4. The molecule has 64 valence electrons. The smallest absolute Gasteiger partial charge is 0.00000528 e. The SMILES string of the molecule is C1CC[S+](O[S+]2CCCC2)C1. The van der Waals surface area contributed by atoms with Gasteiger partial charge in [0.2, 0.25) is 22.4 Å². The summed E-state index contributed by atoms with van der Waals surface area (Å²) in [5.74, 6) is 5.46. The molecule has 0 bridgehead atoms. The molecule has 2 fully saturated rings. The van der Waals surface area contributed by atoms with Crippen LogP contribution in [0.3, 0.4) is 0 Å². The standard InChI is InChI=1S/C8H16OS2/c1-2-6-10(5-1)9-11-7-3-4-8-11/h1-8H2/q+2. The first-order valence-corrected chi connectivity index (χ1v) is 7.46. The molecule has 0 spiro atoms. The van der Waals surface area contributed by atoms with Gasteiger partial charge in [0.05, 0.1) is 0 Å². The molecule has 0 saturated carbocycles. The zero-order valence-electron chi connectivity index (χ0n) is 6.88. The van der Waals surface area contributed by atoms with E-state index in [1.54, 1.807) is 0 Å². The lowest BCUT2D eigenvalue weighted by Gasteiger charge is -1.94. The average molecular weight is 192 g/mol. The van der Waals surface area contributed by atoms with Crippen LogP contribution >= 0.6 is 0 Å². The summed E-state index contributed by atoms with van der Waals surface area (Å²) in [4.78, 5) is 0. The second kappa shape index (κ2) is 4.06. The van der Waals surface area contributed by atoms with Gasteiger partial charge in [-0.2, -0.15) is 0 Å². The number of hydrogen-bond acceptors (Lipinski definition) is 1. The van der Waals surface area contributed by atoms with Crippen LogP contribution in [-0.4, -0.2) is 23.0 Å². The normalized spacial score (nSPS) is 28.4. The van der Waals surface area contributed by atoms with Crippen LogP contribution in [0.5, 0.6) is 0 Å². The fraction of sp³-hybridized carbons (Fsp3) is 1.00. The van der Waals surface area contributed by atoms with Crippen molar-refractivity contribution in [3.05, 3.63) is 0 Å². The van der Waals surface area contributed by atoms with Gasteiger partial charge in [0.1, 0.15) is 23.0 Å². The van der Waals surface area contributed by atoms with E-state index >= 15 is 0 Å². The minimum Gasteiger partial charge on any atom is -0.00000528 e. The van der Waals surface area contributed by atoms with E-state index in [9.17, 15) is 0 Å². The third kappa shape index (κ3) is 2.30. The molecule has 0 aliphatic carbocycles. The van der Waals surface area contributed by atoms with Crippen molar-refractivity contribution in [1.82, 2.24) is 0 Å². The van der Waals surface area contributed by atoms with Crippen molar-refractivity contribution in [1.29, 1.82) is 0 Å². The topological polar surface area (TPSA) is 9.23 Å². The Balaban J connectivity index is 1.71. The Labute approximate surface area is 75.0 Å². The monoisotopic (exact) mass is 192 g/mol. The molecule has 0 radical (unpaired) electrons. The van der Waals surface area contributed by atoms with Gasteiger partial charge in [-0.25, -0.2) is 0 Å². The average Bonchev–Trinajstić information content (AvgIpc) is 2.60. The lowest BCUT2D eigenvalue weighted by molar-refractivity contribution is 0.719. The quantitative estimate of drug-likeness (QED) is 0.605. The molecule has 2 heterocycles. The predicted molar refractivity (Wildman–Crippen MR) is 53.8 cm³/mol. The molecule has 2 saturated heterocycles. The van der Waals surface area contributed by atoms with Crippen LogP contribution in [-0.2, 0) is 26.0 Å². The summed E-state index contributed by atoms with van der Waals surface area (Å²) in [5.41, 5.74) is 0. The van der Waals surface area contributed by atoms with Crippen LogP contribution in [0.25, 0.3) is 0 Å². The van der Waals surface area contributed by atoms with E-state index in [0.717, 1.165) is 0 Å². The van der Waals surface area contributed by atoms with E-state index in [1.165, 1.54) is 48.7 Å². The molecular weight excluding hydrogens is 176 g/mol. The second-order valence-corrected chi connectivity index (χ2v) is 7.12. The van der Waals surface area contributed by atoms with Crippen molar-refractivity contribution >= 4 is 22.4 Å². The van der Waals surface area contributed by atoms with Crippen LogP contribution in [0.4, 0.5) is 0 Å². The molecule has 0 unspecified atom stereocenters. The molecule has 11 heavy (non-hydrogen) atoms. The highest BCUT2D eigenvalue weighted by molar-refractivity contribution is 8.05. The summed E-state index contributed by atoms with van der Waals surface area (Å²) in [6.07, 6.45) is 5.67. The van der Waals surface area contributed by atoms with Crippen molar-refractivity contribution in [2.45, 2.75) is 25.7 Å². The fourth-order valence-electron chi connectivity index (χ4n) is 1.53. The molecule has 2 aliphatic rings. The number of hydrogen-bond donors (Lipinski definition) is 0. The molecule has 0 aromatic rings. The molecule has 0 atom stereocenters. The van der Waals surface area contributed by atoms with Crippen molar-refractivity contribution in [2.75, 3.05) is 23.0 Å². The zero-order valence-corrected chi connectivity index (χ0v) is 8.51. The van der Waals surface area contributed by atoms with Gasteiger partial charge in [0, 0.05) is 3.63 Å². The van der Waals surface area contributed by atoms with E-state index in [2.05, 4.69) is 0 Å². The Morgan fingerprint density at radius 1 is 0.636 bits per heavy atom. The maximum Gasteiger partial charge on any atom is 0.207 e. The maximum absolute atomic E-state index is 6.03. The van der Waals surface area contributed by atoms with Gasteiger partial charge in [-0.3, -0.25) is 0 Å². The van der Waals surface area contributed by atoms with Gasteiger partial charge in [-0.1, -0.05) is 0 Å². The highest BCUT2D eigenvalue weighted by Crippen LogP contribution is 2.22. The minimum absolute atomic E-state index is 0.395. The van der Waals surface area contributed by atoms with E-state index < -0.39 is 0 Å². The van der Waals surface area contributed by atoms with E-state index in [0.29, 0.717) is 22.4 Å². The minimum atomic E-state index is 0.395. The van der Waals surface area contributed by atoms with E-state index in [4.69, 9.17) is 3.63 Å². The highest BCUT2D eigenvalue weighted by Gasteiger charge is 2.39. The Bertz CT molecular complexity index is 103. The molecule has 2 rings (SSSR count). The first kappa shape index (κ1) is 8.27. The molecule has 2 aliphatic heterocycles. The second-order valence-electron chi connectivity index (χ2n) is 3.18. The third-order valence-corrected chi connectivity index (χ3v) is 6.70. The molecule has 0 aromatic carbocycles. The fourth-order valence-corrected chi connectivity index (χ4v) is 6.22. The van der Waals surface area contributed by atoms with Crippen molar-refractivity contribution in [3.63, 3.8) is 0 Å². The Kier molecular flexibility index (Phi) is 3.05. The van der Waals surface area contributed by atoms with Gasteiger partial charge >= 0.3 is 0 Å². The Morgan fingerprint density at radius 2 is 1.00 bits per heavy atom. The summed E-state index contributed by atoms with van der Waals surface area (Å²) in [7, 11) is 0. The lowest BCUT2D eigenvalue weighted by Crippen LogP contribution is -2.16. The molecule has 3 heteroatoms. The van der Waals surface area contributed by atoms with E-state index in [1.807, 2.05) is 0 Å². The van der Waals surface area contributed by atoms with Gasteiger partial charge < -0.3 is 0 Å². The van der Waals surface area contributed by atoms with Crippen LogP contribution in [0.2, 0.25) is 0 Å². The molecule has 1 nitrogen and oxygen atoms in total. The summed E-state index contributed by atoms with van der Waals surface area (Å²) < 4.78 is 6.03. The van der Waals surface area contributed by atoms with Crippen molar-refractivity contribution < 1.29 is 3.63 Å². The summed E-state index contributed by atoms with van der Waals surface area (Å²) in [5, 5.41) is 0. The van der Waals surface area contributed by atoms with Crippen LogP contribution in [0.1, 0.15) is 25.7 Å². The highest BCUT2D eigenvalue weighted by atomic mass is 32.3. The van der Waals surface area contributed by atoms with Crippen LogP contribution < -0.4 is 0 Å². The van der Waals surface area contributed by atoms with Crippen LogP contribution in [0, 0.1) is 0 Å². The van der Waals surface area contributed by atoms with Gasteiger partial charge in [0.15, 0.2) is 0 Å².